The molecule has 2 fully saturated rings. The number of carbonyl (C=O) groups excluding carboxylic acids is 1. The van der Waals surface area contributed by atoms with Crippen molar-refractivity contribution in [2.45, 2.75) is 42.7 Å². The van der Waals surface area contributed by atoms with Crippen LogP contribution in [0, 0.1) is 5.92 Å². The van der Waals surface area contributed by atoms with Gasteiger partial charge in [-0.3, -0.25) is 4.79 Å². The average molecular weight is 302 g/mol. The first-order valence-corrected chi connectivity index (χ1v) is 7.93. The SMILES string of the molecule is COc1ccc2c(c1)[C@]13CCN[C@H](C2)[C@]1(O)CC(C(N)=O)C3. The predicted molar refractivity (Wildman–Crippen MR) is 81.7 cm³/mol. The van der Waals surface area contributed by atoms with Crippen LogP contribution in [0.3, 0.4) is 0 Å². The van der Waals surface area contributed by atoms with Gasteiger partial charge in [0.2, 0.25) is 5.91 Å². The zero-order valence-corrected chi connectivity index (χ0v) is 12.8. The van der Waals surface area contributed by atoms with Gasteiger partial charge in [-0.15, -0.1) is 0 Å². The van der Waals surface area contributed by atoms with Gasteiger partial charge in [0, 0.05) is 17.4 Å². The third kappa shape index (κ3) is 1.58. The van der Waals surface area contributed by atoms with Gasteiger partial charge in [-0.25, -0.2) is 0 Å². The van der Waals surface area contributed by atoms with Gasteiger partial charge in [0.15, 0.2) is 0 Å². The minimum Gasteiger partial charge on any atom is -0.497 e. The molecule has 1 aromatic rings. The van der Waals surface area contributed by atoms with Crippen LogP contribution >= 0.6 is 0 Å². The fourth-order valence-corrected chi connectivity index (χ4v) is 5.11. The molecule has 1 saturated heterocycles. The van der Waals surface area contributed by atoms with Crippen LogP contribution in [0.15, 0.2) is 18.2 Å². The van der Waals surface area contributed by atoms with E-state index in [2.05, 4.69) is 11.4 Å². The summed E-state index contributed by atoms with van der Waals surface area (Å²) in [7, 11) is 1.65. The largest absolute Gasteiger partial charge is 0.497 e. The molecule has 4 rings (SSSR count). The van der Waals surface area contributed by atoms with Crippen LogP contribution in [-0.4, -0.2) is 36.3 Å². The molecule has 0 aromatic heterocycles. The Labute approximate surface area is 129 Å². The van der Waals surface area contributed by atoms with Gasteiger partial charge in [-0.1, -0.05) is 6.07 Å². The van der Waals surface area contributed by atoms with E-state index in [-0.39, 0.29) is 23.3 Å². The topological polar surface area (TPSA) is 84.6 Å². The van der Waals surface area contributed by atoms with Gasteiger partial charge in [-0.2, -0.15) is 0 Å². The number of amides is 1. The normalized spacial score (nSPS) is 39.0. The Hall–Kier alpha value is -1.59. The molecule has 2 aliphatic carbocycles. The molecule has 1 aliphatic heterocycles. The van der Waals surface area contributed by atoms with E-state index >= 15 is 0 Å². The summed E-state index contributed by atoms with van der Waals surface area (Å²) < 4.78 is 5.38. The molecule has 4 atom stereocenters. The molecule has 1 aromatic carbocycles. The van der Waals surface area contributed by atoms with E-state index in [9.17, 15) is 9.90 Å². The summed E-state index contributed by atoms with van der Waals surface area (Å²) in [6.07, 6.45) is 2.70. The Kier molecular flexibility index (Phi) is 2.84. The zero-order chi connectivity index (χ0) is 15.5. The molecule has 22 heavy (non-hydrogen) atoms. The zero-order valence-electron chi connectivity index (χ0n) is 12.8. The second-order valence-electron chi connectivity index (χ2n) is 7.00. The summed E-state index contributed by atoms with van der Waals surface area (Å²) in [6, 6.07) is 6.10. The van der Waals surface area contributed by atoms with Crippen LogP contribution in [0.25, 0.3) is 0 Å². The highest BCUT2D eigenvalue weighted by atomic mass is 16.5. The van der Waals surface area contributed by atoms with Crippen LogP contribution in [-0.2, 0) is 16.6 Å². The summed E-state index contributed by atoms with van der Waals surface area (Å²) in [4.78, 5) is 11.8. The molecule has 2 bridgehead atoms. The molecule has 1 saturated carbocycles. The van der Waals surface area contributed by atoms with Gasteiger partial charge in [-0.05, 0) is 55.5 Å². The highest BCUT2D eigenvalue weighted by molar-refractivity contribution is 5.78. The van der Waals surface area contributed by atoms with Crippen molar-refractivity contribution >= 4 is 5.91 Å². The molecule has 1 unspecified atom stereocenters. The first-order valence-electron chi connectivity index (χ1n) is 7.93. The maximum absolute atomic E-state index is 11.8. The molecule has 118 valence electrons. The van der Waals surface area contributed by atoms with E-state index in [0.717, 1.165) is 30.7 Å². The van der Waals surface area contributed by atoms with E-state index in [1.165, 1.54) is 5.56 Å². The Morgan fingerprint density at radius 2 is 2.27 bits per heavy atom. The standard InChI is InChI=1S/C17H22N2O3/c1-22-12-3-2-10-6-14-17(21)9-11(15(18)20)8-16(17,4-5-19-14)13(10)7-12/h2-3,7,11,14,19,21H,4-6,8-9H2,1H3,(H2,18,20)/t11?,14-,16-,17-/m1/s1. The number of nitrogens with two attached hydrogens (primary N) is 1. The van der Waals surface area contributed by atoms with Crippen molar-refractivity contribution in [3.8, 4) is 5.75 Å². The molecule has 5 heteroatoms. The molecule has 5 nitrogen and oxygen atoms in total. The molecule has 4 N–H and O–H groups in total. The molecular weight excluding hydrogens is 280 g/mol. The van der Waals surface area contributed by atoms with Crippen LogP contribution < -0.4 is 15.8 Å². The average Bonchev–Trinajstić information content (AvgIpc) is 2.83. The maximum atomic E-state index is 11.8. The van der Waals surface area contributed by atoms with Gasteiger partial charge in [0.05, 0.1) is 12.7 Å². The maximum Gasteiger partial charge on any atom is 0.220 e. The fourth-order valence-electron chi connectivity index (χ4n) is 5.11. The van der Waals surface area contributed by atoms with Crippen molar-refractivity contribution in [2.75, 3.05) is 13.7 Å². The number of rotatable bonds is 2. The first kappa shape index (κ1) is 14.0. The van der Waals surface area contributed by atoms with E-state index < -0.39 is 5.60 Å². The van der Waals surface area contributed by atoms with E-state index in [4.69, 9.17) is 10.5 Å². The van der Waals surface area contributed by atoms with Crippen molar-refractivity contribution in [1.82, 2.24) is 5.32 Å². The molecule has 3 aliphatic rings. The quantitative estimate of drug-likeness (QED) is 0.742. The minimum absolute atomic E-state index is 0.00788. The summed E-state index contributed by atoms with van der Waals surface area (Å²) in [6.45, 7) is 0.856. The van der Waals surface area contributed by atoms with Gasteiger partial charge in [0.25, 0.3) is 0 Å². The summed E-state index contributed by atoms with van der Waals surface area (Å²) in [5, 5.41) is 15.0. The Bertz CT molecular complexity index is 647. The lowest BCUT2D eigenvalue weighted by atomic mass is 9.57. The number of primary amides is 1. The second-order valence-corrected chi connectivity index (χ2v) is 7.00. The Morgan fingerprint density at radius 1 is 1.45 bits per heavy atom. The Balaban J connectivity index is 1.91. The highest BCUT2D eigenvalue weighted by Crippen LogP contribution is 2.59. The highest BCUT2D eigenvalue weighted by Gasteiger charge is 2.66. The van der Waals surface area contributed by atoms with Crippen molar-refractivity contribution in [3.05, 3.63) is 29.3 Å². The molecule has 1 heterocycles. The fraction of sp³-hybridized carbons (Fsp3) is 0.588. The summed E-state index contributed by atoms with van der Waals surface area (Å²) in [5.41, 5.74) is 6.68. The first-order chi connectivity index (χ1) is 10.5. The van der Waals surface area contributed by atoms with Crippen molar-refractivity contribution < 1.29 is 14.6 Å². The number of aliphatic hydroxyl groups is 1. The number of piperidine rings is 1. The third-order valence-electron chi connectivity index (χ3n) is 6.16. The second kappa shape index (κ2) is 4.46. The minimum atomic E-state index is -0.899. The van der Waals surface area contributed by atoms with Crippen molar-refractivity contribution in [2.24, 2.45) is 11.7 Å². The van der Waals surface area contributed by atoms with Crippen molar-refractivity contribution in [1.29, 1.82) is 0 Å². The number of benzene rings is 1. The van der Waals surface area contributed by atoms with Crippen LogP contribution in [0.5, 0.6) is 5.75 Å². The lowest BCUT2D eigenvalue weighted by Crippen LogP contribution is -2.68. The number of methoxy groups -OCH3 is 1. The van der Waals surface area contributed by atoms with Crippen LogP contribution in [0.2, 0.25) is 0 Å². The summed E-state index contributed by atoms with van der Waals surface area (Å²) in [5.74, 6) is 0.242. The number of fused-ring (bicyclic) bond motifs is 1. The lowest BCUT2D eigenvalue weighted by molar-refractivity contribution is -0.122. The van der Waals surface area contributed by atoms with E-state index in [1.54, 1.807) is 7.11 Å². The predicted octanol–water partition coefficient (Wildman–Crippen LogP) is 0.477. The van der Waals surface area contributed by atoms with Gasteiger partial charge < -0.3 is 20.9 Å². The molecular formula is C17H22N2O3. The number of nitrogens with one attached hydrogen (secondary N) is 1. The molecule has 0 spiro atoms. The van der Waals surface area contributed by atoms with E-state index in [0.29, 0.717) is 12.8 Å². The third-order valence-corrected chi connectivity index (χ3v) is 6.16. The number of hydrogen-bond acceptors (Lipinski definition) is 4. The summed E-state index contributed by atoms with van der Waals surface area (Å²) >= 11 is 0. The van der Waals surface area contributed by atoms with Crippen LogP contribution in [0.4, 0.5) is 0 Å². The smallest absolute Gasteiger partial charge is 0.220 e. The van der Waals surface area contributed by atoms with Crippen molar-refractivity contribution in [3.63, 3.8) is 0 Å². The van der Waals surface area contributed by atoms with E-state index in [1.807, 2.05) is 12.1 Å². The van der Waals surface area contributed by atoms with Gasteiger partial charge in [0.1, 0.15) is 5.75 Å². The number of carbonyl (C=O) groups is 1. The van der Waals surface area contributed by atoms with Gasteiger partial charge >= 0.3 is 0 Å². The lowest BCUT2D eigenvalue weighted by Gasteiger charge is -2.55. The van der Waals surface area contributed by atoms with Crippen LogP contribution in [0.1, 0.15) is 30.4 Å². The number of ether oxygens (including phenoxy) is 1. The molecule has 0 radical (unpaired) electrons. The number of hydrogen-bond donors (Lipinski definition) is 3. The monoisotopic (exact) mass is 302 g/mol. The Morgan fingerprint density at radius 3 is 3.00 bits per heavy atom. The molecule has 1 amide bonds.